The second kappa shape index (κ2) is 3.76. The smallest absolute Gasteiger partial charge is 0.207 e. The van der Waals surface area contributed by atoms with Gasteiger partial charge in [0.2, 0.25) is 5.69 Å². The summed E-state index contributed by atoms with van der Waals surface area (Å²) in [5, 5.41) is 0.596. The molecule has 0 unspecified atom stereocenters. The van der Waals surface area contributed by atoms with Crippen LogP contribution < -0.4 is 4.57 Å². The van der Waals surface area contributed by atoms with Crippen molar-refractivity contribution in [1.82, 2.24) is 0 Å². The van der Waals surface area contributed by atoms with E-state index in [0.29, 0.717) is 5.15 Å². The lowest BCUT2D eigenvalue weighted by atomic mass is 10.3. The summed E-state index contributed by atoms with van der Waals surface area (Å²) in [6.07, 6.45) is 1.83. The molecule has 0 atom stereocenters. The zero-order valence-electron chi connectivity index (χ0n) is 7.32. The molecule has 1 nitrogen and oxygen atoms in total. The molecule has 2 rings (SSSR count). The van der Waals surface area contributed by atoms with Crippen LogP contribution in [0, 0.1) is 5.82 Å². The second-order valence-corrected chi connectivity index (χ2v) is 3.26. The van der Waals surface area contributed by atoms with Crippen molar-refractivity contribution in [1.29, 1.82) is 0 Å². The molecule has 0 amide bonds. The third kappa shape index (κ3) is 1.75. The minimum absolute atomic E-state index is 0.249. The Bertz CT molecular complexity index is 439. The molecule has 70 valence electrons. The predicted octanol–water partition coefficient (Wildman–Crippen LogP) is 2.76. The monoisotopic (exact) mass is 208 g/mol. The Morgan fingerprint density at radius 2 is 1.71 bits per heavy atom. The average molecular weight is 209 g/mol. The Kier molecular flexibility index (Phi) is 2.46. The number of hydrogen-bond acceptors (Lipinski definition) is 0. The topological polar surface area (TPSA) is 3.88 Å². The Labute approximate surface area is 86.4 Å². The molecule has 0 saturated heterocycles. The van der Waals surface area contributed by atoms with Crippen LogP contribution in [0.3, 0.4) is 0 Å². The van der Waals surface area contributed by atoms with Gasteiger partial charge in [0.1, 0.15) is 5.82 Å². The molecular formula is C11H8ClFN+. The summed E-state index contributed by atoms with van der Waals surface area (Å²) in [5.74, 6) is -0.249. The standard InChI is InChI=1S/C11H8ClFN/c12-11-3-1-2-8-14(11)10-6-4-9(13)5-7-10/h1-8H/q+1. The Balaban J connectivity index is 2.50. The fraction of sp³-hybridized carbons (Fsp3) is 0. The highest BCUT2D eigenvalue weighted by molar-refractivity contribution is 6.28. The minimum Gasteiger partial charge on any atom is -0.207 e. The van der Waals surface area contributed by atoms with Crippen molar-refractivity contribution < 1.29 is 8.96 Å². The molecule has 2 aromatic rings. The van der Waals surface area contributed by atoms with Crippen LogP contribution in [0.4, 0.5) is 4.39 Å². The first-order chi connectivity index (χ1) is 6.77. The number of hydrogen-bond donors (Lipinski definition) is 0. The number of rotatable bonds is 1. The molecule has 14 heavy (non-hydrogen) atoms. The molecule has 0 aliphatic carbocycles. The maximum atomic E-state index is 12.7. The summed E-state index contributed by atoms with van der Waals surface area (Å²) in [7, 11) is 0. The lowest BCUT2D eigenvalue weighted by Gasteiger charge is -1.96. The van der Waals surface area contributed by atoms with Crippen LogP contribution in [0.15, 0.2) is 48.7 Å². The van der Waals surface area contributed by atoms with Crippen LogP contribution in [0.25, 0.3) is 5.69 Å². The first-order valence-corrected chi connectivity index (χ1v) is 4.57. The molecule has 0 N–H and O–H groups in total. The molecule has 0 spiro atoms. The van der Waals surface area contributed by atoms with E-state index in [1.54, 1.807) is 22.8 Å². The van der Waals surface area contributed by atoms with Crippen molar-refractivity contribution in [3.8, 4) is 5.69 Å². The number of nitrogens with zero attached hydrogens (tertiary/aromatic N) is 1. The van der Waals surface area contributed by atoms with Gasteiger partial charge in [-0.2, -0.15) is 4.57 Å². The van der Waals surface area contributed by atoms with E-state index < -0.39 is 0 Å². The van der Waals surface area contributed by atoms with E-state index in [4.69, 9.17) is 11.6 Å². The highest BCUT2D eigenvalue weighted by atomic mass is 35.5. The maximum Gasteiger partial charge on any atom is 0.280 e. The average Bonchev–Trinajstić information content (AvgIpc) is 2.20. The molecule has 0 saturated carbocycles. The van der Waals surface area contributed by atoms with Gasteiger partial charge in [-0.15, -0.1) is 0 Å². The maximum absolute atomic E-state index is 12.7. The molecule has 0 radical (unpaired) electrons. The van der Waals surface area contributed by atoms with Gasteiger partial charge in [0.05, 0.1) is 0 Å². The largest absolute Gasteiger partial charge is 0.280 e. The number of aromatic nitrogens is 1. The molecule has 3 heteroatoms. The summed E-state index contributed by atoms with van der Waals surface area (Å²) in [6.45, 7) is 0. The van der Waals surface area contributed by atoms with Gasteiger partial charge < -0.3 is 0 Å². The summed E-state index contributed by atoms with van der Waals surface area (Å²) < 4.78 is 14.4. The number of benzene rings is 1. The lowest BCUT2D eigenvalue weighted by Crippen LogP contribution is -2.30. The van der Waals surface area contributed by atoms with E-state index in [0.717, 1.165) is 5.69 Å². The van der Waals surface area contributed by atoms with Crippen LogP contribution in [0.1, 0.15) is 0 Å². The summed E-state index contributed by atoms with van der Waals surface area (Å²) in [4.78, 5) is 0. The zero-order valence-corrected chi connectivity index (χ0v) is 8.08. The molecule has 0 aliphatic rings. The Hall–Kier alpha value is -1.41. The van der Waals surface area contributed by atoms with E-state index in [-0.39, 0.29) is 5.82 Å². The summed E-state index contributed by atoms with van der Waals surface area (Å²) in [5.41, 5.74) is 0.844. The van der Waals surface area contributed by atoms with Gasteiger partial charge in [-0.05, 0) is 29.8 Å². The van der Waals surface area contributed by atoms with Gasteiger partial charge in [0.25, 0.3) is 5.15 Å². The first-order valence-electron chi connectivity index (χ1n) is 4.19. The van der Waals surface area contributed by atoms with Gasteiger partial charge in [-0.25, -0.2) is 4.39 Å². The second-order valence-electron chi connectivity index (χ2n) is 2.87. The fourth-order valence-electron chi connectivity index (χ4n) is 1.23. The fourth-order valence-corrected chi connectivity index (χ4v) is 1.46. The van der Waals surface area contributed by atoms with Gasteiger partial charge in [-0.1, -0.05) is 0 Å². The molecular weight excluding hydrogens is 201 g/mol. The van der Waals surface area contributed by atoms with Crippen molar-refractivity contribution in [2.45, 2.75) is 0 Å². The minimum atomic E-state index is -0.249. The predicted molar refractivity (Wildman–Crippen MR) is 52.9 cm³/mol. The van der Waals surface area contributed by atoms with Crippen LogP contribution >= 0.6 is 11.6 Å². The SMILES string of the molecule is Fc1ccc(-[n+]2ccccc2Cl)cc1. The van der Waals surface area contributed by atoms with E-state index in [2.05, 4.69) is 0 Å². The van der Waals surface area contributed by atoms with Gasteiger partial charge >= 0.3 is 0 Å². The number of halogens is 2. The van der Waals surface area contributed by atoms with Crippen LogP contribution in [-0.4, -0.2) is 0 Å². The third-order valence-electron chi connectivity index (χ3n) is 1.91. The van der Waals surface area contributed by atoms with Crippen molar-refractivity contribution in [3.63, 3.8) is 0 Å². The molecule has 1 aromatic carbocycles. The summed E-state index contributed by atoms with van der Waals surface area (Å²) in [6, 6.07) is 11.7. The van der Waals surface area contributed by atoms with E-state index in [9.17, 15) is 4.39 Å². The summed E-state index contributed by atoms with van der Waals surface area (Å²) >= 11 is 5.97. The normalized spacial score (nSPS) is 10.1. The molecule has 1 heterocycles. The Morgan fingerprint density at radius 3 is 2.36 bits per heavy atom. The quantitative estimate of drug-likeness (QED) is 0.501. The third-order valence-corrected chi connectivity index (χ3v) is 2.22. The van der Waals surface area contributed by atoms with Gasteiger partial charge in [0.15, 0.2) is 6.20 Å². The van der Waals surface area contributed by atoms with Crippen LogP contribution in [-0.2, 0) is 0 Å². The molecule has 1 aromatic heterocycles. The molecule has 0 aliphatic heterocycles. The molecule has 0 bridgehead atoms. The van der Waals surface area contributed by atoms with Crippen molar-refractivity contribution in [2.75, 3.05) is 0 Å². The Morgan fingerprint density at radius 1 is 1.00 bits per heavy atom. The first kappa shape index (κ1) is 9.16. The van der Waals surface area contributed by atoms with Crippen molar-refractivity contribution >= 4 is 11.6 Å². The van der Waals surface area contributed by atoms with E-state index in [1.807, 2.05) is 18.3 Å². The van der Waals surface area contributed by atoms with E-state index >= 15 is 0 Å². The zero-order chi connectivity index (χ0) is 9.97. The van der Waals surface area contributed by atoms with Crippen LogP contribution in [0.2, 0.25) is 5.15 Å². The van der Waals surface area contributed by atoms with Crippen LogP contribution in [0.5, 0.6) is 0 Å². The highest BCUT2D eigenvalue weighted by Crippen LogP contribution is 2.06. The highest BCUT2D eigenvalue weighted by Gasteiger charge is 2.09. The van der Waals surface area contributed by atoms with E-state index in [1.165, 1.54) is 12.1 Å². The van der Waals surface area contributed by atoms with Gasteiger partial charge in [0, 0.05) is 24.3 Å². The van der Waals surface area contributed by atoms with Crippen molar-refractivity contribution in [3.05, 3.63) is 59.6 Å². The molecule has 0 fully saturated rings. The van der Waals surface area contributed by atoms with Crippen molar-refractivity contribution in [2.24, 2.45) is 0 Å². The lowest BCUT2D eigenvalue weighted by molar-refractivity contribution is -0.593. The number of pyridine rings is 1. The van der Waals surface area contributed by atoms with Gasteiger partial charge in [-0.3, -0.25) is 0 Å².